The highest BCUT2D eigenvalue weighted by atomic mass is 16.4. The summed E-state index contributed by atoms with van der Waals surface area (Å²) in [4.78, 5) is 17.7. The molecule has 1 aliphatic rings. The van der Waals surface area contributed by atoms with Crippen LogP contribution in [0.1, 0.15) is 59.7 Å². The molecule has 0 unspecified atom stereocenters. The van der Waals surface area contributed by atoms with Gasteiger partial charge < -0.3 is 15.8 Å². The maximum Gasteiger partial charge on any atom is 0.255 e. The molecule has 168 valence electrons. The Hall–Kier alpha value is -3.42. The van der Waals surface area contributed by atoms with Gasteiger partial charge in [-0.1, -0.05) is 23.4 Å². The number of amides is 1. The molecule has 1 fully saturated rings. The van der Waals surface area contributed by atoms with E-state index in [0.29, 0.717) is 18.7 Å². The molecule has 0 radical (unpaired) electrons. The Labute approximate surface area is 187 Å². The van der Waals surface area contributed by atoms with Crippen LogP contribution < -0.4 is 10.6 Å². The normalized spacial score (nSPS) is 16.2. The van der Waals surface area contributed by atoms with Crippen molar-refractivity contribution >= 4 is 28.3 Å². The summed E-state index contributed by atoms with van der Waals surface area (Å²) in [5.74, 6) is -0.169. The van der Waals surface area contributed by atoms with E-state index < -0.39 is 0 Å². The van der Waals surface area contributed by atoms with Crippen molar-refractivity contribution in [1.29, 1.82) is 0 Å². The number of aromatic nitrogens is 3. The average Bonchev–Trinajstić information content (AvgIpc) is 3.24. The number of nitrogens with zero attached hydrogens (tertiary/aromatic N) is 4. The van der Waals surface area contributed by atoms with Crippen LogP contribution >= 0.6 is 0 Å². The molecule has 4 rings (SSSR count). The van der Waals surface area contributed by atoms with Crippen molar-refractivity contribution in [3.05, 3.63) is 52.8 Å². The van der Waals surface area contributed by atoms with Gasteiger partial charge in [0, 0.05) is 25.3 Å². The lowest BCUT2D eigenvalue weighted by Crippen LogP contribution is -2.29. The predicted octanol–water partition coefficient (Wildman–Crippen LogP) is 4.18. The zero-order valence-corrected chi connectivity index (χ0v) is 18.9. The number of fused-ring (bicyclic) bond motifs is 1. The Morgan fingerprint density at radius 1 is 1.22 bits per heavy atom. The number of carbonyl (C=O) groups is 1. The quantitative estimate of drug-likeness (QED) is 0.399. The number of hydrogen-bond donors (Lipinski definition) is 3. The number of anilines is 1. The summed E-state index contributed by atoms with van der Waals surface area (Å²) in [6, 6.07) is 6.40. The summed E-state index contributed by atoms with van der Waals surface area (Å²) in [6.07, 6.45) is 6.58. The zero-order chi connectivity index (χ0) is 22.7. The maximum absolute atomic E-state index is 13.2. The average molecular weight is 435 g/mol. The smallest absolute Gasteiger partial charge is 0.255 e. The first-order chi connectivity index (χ1) is 15.5. The van der Waals surface area contributed by atoms with Gasteiger partial charge in [-0.15, -0.1) is 0 Å². The van der Waals surface area contributed by atoms with E-state index in [1.165, 1.54) is 11.1 Å². The summed E-state index contributed by atoms with van der Waals surface area (Å²) in [7, 11) is 0. The number of nitrogens with one attached hydrogen (secondary N) is 2. The lowest BCUT2D eigenvalue weighted by atomic mass is 9.93. The number of oxime groups is 1. The lowest BCUT2D eigenvalue weighted by Gasteiger charge is -2.25. The van der Waals surface area contributed by atoms with Crippen LogP contribution in [0.25, 0.3) is 11.0 Å². The van der Waals surface area contributed by atoms with Crippen molar-refractivity contribution in [3.8, 4) is 0 Å². The molecule has 32 heavy (non-hydrogen) atoms. The summed E-state index contributed by atoms with van der Waals surface area (Å²) in [6.45, 7) is 7.32. The molecule has 0 atom stereocenters. The van der Waals surface area contributed by atoms with Gasteiger partial charge in [0.05, 0.1) is 28.5 Å². The monoisotopic (exact) mass is 434 g/mol. The molecular formula is C24H30N6O2. The first-order valence-corrected chi connectivity index (χ1v) is 11.1. The second-order valence-electron chi connectivity index (χ2n) is 8.43. The molecule has 3 N–H and O–H groups in total. The van der Waals surface area contributed by atoms with Crippen LogP contribution in [0.3, 0.4) is 0 Å². The molecule has 8 nitrogen and oxygen atoms in total. The summed E-state index contributed by atoms with van der Waals surface area (Å²) >= 11 is 0. The molecule has 2 heterocycles. The molecule has 0 aliphatic heterocycles. The van der Waals surface area contributed by atoms with E-state index in [2.05, 4.69) is 51.9 Å². The van der Waals surface area contributed by atoms with E-state index in [1.807, 2.05) is 17.7 Å². The van der Waals surface area contributed by atoms with Crippen LogP contribution in [0.15, 0.2) is 35.7 Å². The highest BCUT2D eigenvalue weighted by Gasteiger charge is 2.23. The Bertz CT molecular complexity index is 1160. The van der Waals surface area contributed by atoms with Crippen LogP contribution in [0.5, 0.6) is 0 Å². The molecule has 0 saturated heterocycles. The molecule has 0 spiro atoms. The van der Waals surface area contributed by atoms with Crippen LogP contribution in [0.2, 0.25) is 0 Å². The number of carbonyl (C=O) groups excluding carboxylic acids is 1. The van der Waals surface area contributed by atoms with Gasteiger partial charge in [-0.25, -0.2) is 9.67 Å². The van der Waals surface area contributed by atoms with Crippen molar-refractivity contribution in [2.75, 3.05) is 5.32 Å². The second-order valence-corrected chi connectivity index (χ2v) is 8.43. The molecule has 1 aromatic carbocycles. The first kappa shape index (κ1) is 21.8. The van der Waals surface area contributed by atoms with Gasteiger partial charge in [0.1, 0.15) is 0 Å². The molecule has 1 amide bonds. The zero-order valence-electron chi connectivity index (χ0n) is 18.9. The van der Waals surface area contributed by atoms with Crippen molar-refractivity contribution in [1.82, 2.24) is 20.1 Å². The summed E-state index contributed by atoms with van der Waals surface area (Å²) in [5.41, 5.74) is 6.36. The highest BCUT2D eigenvalue weighted by Crippen LogP contribution is 2.29. The fraction of sp³-hybridized carbons (Fsp3) is 0.417. The minimum atomic E-state index is -0.169. The maximum atomic E-state index is 13.2. The van der Waals surface area contributed by atoms with Gasteiger partial charge >= 0.3 is 0 Å². The Balaban J connectivity index is 1.60. The molecule has 0 bridgehead atoms. The predicted molar refractivity (Wildman–Crippen MR) is 125 cm³/mol. The number of aryl methyl sites for hydroxylation is 3. The molecular weight excluding hydrogens is 404 g/mol. The highest BCUT2D eigenvalue weighted by molar-refractivity contribution is 6.06. The lowest BCUT2D eigenvalue weighted by molar-refractivity contribution is 0.0951. The minimum Gasteiger partial charge on any atom is -0.411 e. The van der Waals surface area contributed by atoms with E-state index in [4.69, 9.17) is 5.21 Å². The van der Waals surface area contributed by atoms with Crippen molar-refractivity contribution in [3.63, 3.8) is 0 Å². The Kier molecular flexibility index (Phi) is 6.39. The summed E-state index contributed by atoms with van der Waals surface area (Å²) < 4.78 is 1.83. The third kappa shape index (κ3) is 4.44. The molecule has 8 heteroatoms. The number of rotatable bonds is 6. The van der Waals surface area contributed by atoms with Gasteiger partial charge in [0.15, 0.2) is 5.65 Å². The molecule has 2 aromatic heterocycles. The number of hydrogen-bond acceptors (Lipinski definition) is 6. The fourth-order valence-electron chi connectivity index (χ4n) is 4.18. The first-order valence-electron chi connectivity index (χ1n) is 11.1. The van der Waals surface area contributed by atoms with E-state index in [1.54, 1.807) is 12.4 Å². The topological polar surface area (TPSA) is 104 Å². The van der Waals surface area contributed by atoms with Crippen LogP contribution in [0.4, 0.5) is 5.69 Å². The SMILES string of the molecule is CCn1ncc2c(NC3CCC(=NO)CC3)c(C(=O)NCc3ccc(C)c(C)c3)cnc21. The van der Waals surface area contributed by atoms with Gasteiger partial charge in [-0.2, -0.15) is 5.10 Å². The van der Waals surface area contributed by atoms with Gasteiger partial charge in [0.25, 0.3) is 5.91 Å². The van der Waals surface area contributed by atoms with Crippen LogP contribution in [0, 0.1) is 13.8 Å². The van der Waals surface area contributed by atoms with Gasteiger partial charge in [-0.3, -0.25) is 4.79 Å². The third-order valence-corrected chi connectivity index (χ3v) is 6.29. The minimum absolute atomic E-state index is 0.169. The second kappa shape index (κ2) is 9.38. The third-order valence-electron chi connectivity index (χ3n) is 6.29. The molecule has 1 aliphatic carbocycles. The van der Waals surface area contributed by atoms with Gasteiger partial charge in [-0.05, 0) is 63.1 Å². The molecule has 3 aromatic rings. The van der Waals surface area contributed by atoms with Crippen molar-refractivity contribution in [2.24, 2.45) is 5.16 Å². The van der Waals surface area contributed by atoms with Crippen molar-refractivity contribution in [2.45, 2.75) is 65.6 Å². The van der Waals surface area contributed by atoms with E-state index in [9.17, 15) is 4.79 Å². The Morgan fingerprint density at radius 2 is 2.00 bits per heavy atom. The van der Waals surface area contributed by atoms with Crippen molar-refractivity contribution < 1.29 is 10.0 Å². The fourth-order valence-corrected chi connectivity index (χ4v) is 4.18. The Morgan fingerprint density at radius 3 is 2.69 bits per heavy atom. The largest absolute Gasteiger partial charge is 0.411 e. The molecule has 1 saturated carbocycles. The van der Waals surface area contributed by atoms with Gasteiger partial charge in [0.2, 0.25) is 0 Å². The standard InChI is InChI=1S/C24H30N6O2/c1-4-30-23-20(14-27-30)22(28-18-7-9-19(29-32)10-8-18)21(13-25-23)24(31)26-12-17-6-5-15(2)16(3)11-17/h5-6,11,13-14,18,32H,4,7-10,12H2,1-3H3,(H,25,28)(H,26,31). The van der Waals surface area contributed by atoms with Crippen LogP contribution in [-0.2, 0) is 13.1 Å². The van der Waals surface area contributed by atoms with E-state index in [0.717, 1.165) is 53.7 Å². The summed E-state index contributed by atoms with van der Waals surface area (Å²) in [5, 5.41) is 24.3. The number of pyridine rings is 1. The van der Waals surface area contributed by atoms with E-state index in [-0.39, 0.29) is 11.9 Å². The van der Waals surface area contributed by atoms with Crippen LogP contribution in [-0.4, -0.2) is 37.6 Å². The van der Waals surface area contributed by atoms with E-state index >= 15 is 0 Å². The number of benzene rings is 1.